The van der Waals surface area contributed by atoms with Crippen LogP contribution in [0.25, 0.3) is 15.8 Å². The Balaban J connectivity index is 0.00000241. The monoisotopic (exact) mass is 598 g/mol. The number of thioether (sulfide) groups is 1. The van der Waals surface area contributed by atoms with Crippen LogP contribution in [0.2, 0.25) is 0 Å². The Morgan fingerprint density at radius 3 is 2.71 bits per heavy atom. The summed E-state index contributed by atoms with van der Waals surface area (Å²) in [5, 5.41) is 2.85. The molecular formula is C29H31IN2S2. The zero-order chi connectivity index (χ0) is 22.6. The molecule has 3 heterocycles. The lowest BCUT2D eigenvalue weighted by molar-refractivity contribution is -0.672. The van der Waals surface area contributed by atoms with Gasteiger partial charge in [-0.25, -0.2) is 0 Å². The SMILES string of the molecule is CCN1/C(=C\C2=CC(=C3\CCC[n+]4c3sc3ccccc34)/CC(C)(C)C2)Sc2ccccc21.[I-]. The number of aromatic nitrogens is 1. The number of aryl methyl sites for hydroxylation is 1. The van der Waals surface area contributed by atoms with Gasteiger partial charge in [-0.05, 0) is 67.0 Å². The second-order valence-electron chi connectivity index (χ2n) is 10.2. The lowest BCUT2D eigenvalue weighted by atomic mass is 9.73. The Morgan fingerprint density at radius 1 is 1.06 bits per heavy atom. The van der Waals surface area contributed by atoms with Gasteiger partial charge in [0.2, 0.25) is 5.52 Å². The minimum absolute atomic E-state index is 0. The first-order valence-electron chi connectivity index (χ1n) is 12.1. The number of benzene rings is 2. The Labute approximate surface area is 228 Å². The molecule has 0 amide bonds. The Hall–Kier alpha value is -1.57. The summed E-state index contributed by atoms with van der Waals surface area (Å²) in [5.41, 5.74) is 7.64. The number of thiazole rings is 1. The fraction of sp³-hybridized carbons (Fsp3) is 0.345. The summed E-state index contributed by atoms with van der Waals surface area (Å²) in [7, 11) is 0. The summed E-state index contributed by atoms with van der Waals surface area (Å²) in [6.45, 7) is 9.28. The molecule has 0 bridgehead atoms. The van der Waals surface area contributed by atoms with Crippen molar-refractivity contribution in [2.24, 2.45) is 5.41 Å². The third-order valence-corrected chi connectivity index (χ3v) is 9.37. The summed E-state index contributed by atoms with van der Waals surface area (Å²) in [6, 6.07) is 17.7. The molecule has 176 valence electrons. The highest BCUT2D eigenvalue weighted by Crippen LogP contribution is 2.48. The average molecular weight is 599 g/mol. The topological polar surface area (TPSA) is 7.12 Å². The molecule has 0 spiro atoms. The summed E-state index contributed by atoms with van der Waals surface area (Å²) in [6.07, 6.45) is 9.72. The van der Waals surface area contributed by atoms with Crippen molar-refractivity contribution in [3.8, 4) is 0 Å². The van der Waals surface area contributed by atoms with Gasteiger partial charge in [0.05, 0.1) is 10.7 Å². The summed E-state index contributed by atoms with van der Waals surface area (Å²) in [4.78, 5) is 3.84. The van der Waals surface area contributed by atoms with Crippen LogP contribution in [-0.2, 0) is 6.54 Å². The molecule has 34 heavy (non-hydrogen) atoms. The van der Waals surface area contributed by atoms with Gasteiger partial charge in [0.1, 0.15) is 4.70 Å². The Kier molecular flexibility index (Phi) is 6.73. The largest absolute Gasteiger partial charge is 1.00 e. The normalized spacial score (nSPS) is 22.4. The maximum atomic E-state index is 2.57. The van der Waals surface area contributed by atoms with Crippen LogP contribution in [0, 0.1) is 5.41 Å². The molecule has 1 aromatic heterocycles. The van der Waals surface area contributed by atoms with Gasteiger partial charge in [-0.3, -0.25) is 0 Å². The van der Waals surface area contributed by atoms with E-state index in [2.05, 4.69) is 90.9 Å². The second-order valence-corrected chi connectivity index (χ2v) is 12.3. The van der Waals surface area contributed by atoms with Gasteiger partial charge >= 0.3 is 0 Å². The summed E-state index contributed by atoms with van der Waals surface area (Å²) >= 11 is 3.90. The van der Waals surface area contributed by atoms with Crippen molar-refractivity contribution < 1.29 is 28.5 Å². The molecule has 3 aliphatic rings. The van der Waals surface area contributed by atoms with Gasteiger partial charge in [-0.2, -0.15) is 4.57 Å². The van der Waals surface area contributed by atoms with Crippen LogP contribution in [-0.4, -0.2) is 6.54 Å². The second kappa shape index (κ2) is 9.47. The van der Waals surface area contributed by atoms with Crippen molar-refractivity contribution >= 4 is 44.6 Å². The van der Waals surface area contributed by atoms with Crippen molar-refractivity contribution in [3.63, 3.8) is 0 Å². The van der Waals surface area contributed by atoms with Gasteiger partial charge in [0.25, 0.3) is 5.01 Å². The van der Waals surface area contributed by atoms with E-state index in [1.54, 1.807) is 11.1 Å². The van der Waals surface area contributed by atoms with Gasteiger partial charge in [0, 0.05) is 29.5 Å². The van der Waals surface area contributed by atoms with Crippen LogP contribution in [0.3, 0.4) is 0 Å². The molecule has 0 fully saturated rings. The molecule has 0 atom stereocenters. The van der Waals surface area contributed by atoms with E-state index in [1.165, 1.54) is 49.3 Å². The molecule has 0 saturated heterocycles. The number of para-hydroxylation sites is 2. The van der Waals surface area contributed by atoms with E-state index in [4.69, 9.17) is 0 Å². The minimum atomic E-state index is 0. The molecule has 2 nitrogen and oxygen atoms in total. The van der Waals surface area contributed by atoms with Gasteiger partial charge in [-0.15, -0.1) is 0 Å². The van der Waals surface area contributed by atoms with Gasteiger partial charge in [0.15, 0.2) is 6.54 Å². The predicted octanol–water partition coefficient (Wildman–Crippen LogP) is 4.96. The molecule has 0 unspecified atom stereocenters. The van der Waals surface area contributed by atoms with Crippen LogP contribution in [0.4, 0.5) is 5.69 Å². The maximum absolute atomic E-state index is 2.57. The minimum Gasteiger partial charge on any atom is -1.00 e. The van der Waals surface area contributed by atoms with Gasteiger partial charge < -0.3 is 28.9 Å². The number of hydrogen-bond acceptors (Lipinski definition) is 3. The first-order valence-corrected chi connectivity index (χ1v) is 13.8. The van der Waals surface area contributed by atoms with E-state index in [0.717, 1.165) is 25.9 Å². The molecule has 5 heteroatoms. The highest BCUT2D eigenvalue weighted by molar-refractivity contribution is 8.03. The first-order chi connectivity index (χ1) is 16.0. The molecule has 6 rings (SSSR count). The molecule has 0 N–H and O–H groups in total. The van der Waals surface area contributed by atoms with Gasteiger partial charge in [-0.1, -0.05) is 67.3 Å². The molecule has 2 aliphatic heterocycles. The van der Waals surface area contributed by atoms with Crippen LogP contribution in [0.5, 0.6) is 0 Å². The zero-order valence-electron chi connectivity index (χ0n) is 20.1. The van der Waals surface area contributed by atoms with Crippen molar-refractivity contribution in [2.45, 2.75) is 57.9 Å². The summed E-state index contributed by atoms with van der Waals surface area (Å²) < 4.78 is 3.98. The smallest absolute Gasteiger partial charge is 0.266 e. The van der Waals surface area contributed by atoms with Crippen molar-refractivity contribution in [1.82, 2.24) is 0 Å². The standard InChI is InChI=1S/C29H31N2S2.HI/c1-4-30-23-11-5-7-13-25(23)32-27(30)17-20-16-21(19-29(2,3)18-20)22-10-9-15-31-24-12-6-8-14-26(24)33-28(22)31;/h5-8,11-14,16-17H,4,9-10,15,18-19H2,1-3H3;1H/q+1;/p-1. The van der Waals surface area contributed by atoms with Crippen LogP contribution < -0.4 is 33.4 Å². The van der Waals surface area contributed by atoms with Crippen LogP contribution in [0.15, 0.2) is 81.8 Å². The molecule has 3 aromatic rings. The lowest BCUT2D eigenvalue weighted by Crippen LogP contribution is -3.00. The Bertz CT molecular complexity index is 1350. The number of anilines is 1. The van der Waals surface area contributed by atoms with Crippen molar-refractivity contribution in [1.29, 1.82) is 0 Å². The van der Waals surface area contributed by atoms with E-state index in [9.17, 15) is 0 Å². The molecule has 2 aromatic carbocycles. The van der Waals surface area contributed by atoms with Crippen LogP contribution in [0.1, 0.15) is 51.5 Å². The third kappa shape index (κ3) is 4.28. The van der Waals surface area contributed by atoms with Crippen LogP contribution >= 0.6 is 23.1 Å². The fourth-order valence-corrected chi connectivity index (χ4v) is 8.19. The quantitative estimate of drug-likeness (QED) is 0.304. The number of fused-ring (bicyclic) bond motifs is 4. The maximum Gasteiger partial charge on any atom is 0.266 e. The molecular weight excluding hydrogens is 567 g/mol. The number of rotatable bonds is 2. The predicted molar refractivity (Wildman–Crippen MR) is 143 cm³/mol. The van der Waals surface area contributed by atoms with E-state index < -0.39 is 0 Å². The van der Waals surface area contributed by atoms with E-state index >= 15 is 0 Å². The van der Waals surface area contributed by atoms with E-state index in [0.29, 0.717) is 0 Å². The first kappa shape index (κ1) is 24.1. The number of hydrogen-bond donors (Lipinski definition) is 0. The lowest BCUT2D eigenvalue weighted by Gasteiger charge is -2.32. The molecule has 1 aliphatic carbocycles. The number of allylic oxidation sites excluding steroid dienone is 5. The average Bonchev–Trinajstić information content (AvgIpc) is 3.35. The highest BCUT2D eigenvalue weighted by atomic mass is 127. The third-order valence-electron chi connectivity index (χ3n) is 7.04. The Morgan fingerprint density at radius 2 is 1.85 bits per heavy atom. The fourth-order valence-electron chi connectivity index (χ4n) is 5.69. The number of halogens is 1. The van der Waals surface area contributed by atoms with Crippen molar-refractivity contribution in [3.05, 3.63) is 81.9 Å². The highest BCUT2D eigenvalue weighted by Gasteiger charge is 2.33. The van der Waals surface area contributed by atoms with Crippen molar-refractivity contribution in [2.75, 3.05) is 11.4 Å². The molecule has 0 radical (unpaired) electrons. The van der Waals surface area contributed by atoms with E-state index in [-0.39, 0.29) is 29.4 Å². The zero-order valence-corrected chi connectivity index (χ0v) is 23.9. The number of nitrogens with zero attached hydrogens (tertiary/aromatic N) is 2. The molecule has 0 saturated carbocycles. The van der Waals surface area contributed by atoms with E-state index in [1.807, 2.05) is 23.1 Å². The summed E-state index contributed by atoms with van der Waals surface area (Å²) in [5.74, 6) is 0.